The summed E-state index contributed by atoms with van der Waals surface area (Å²) in [6.45, 7) is 14.2. The smallest absolute Gasteiger partial charge is 0.852 e. The maximum atomic E-state index is 9.53. The zero-order chi connectivity index (χ0) is 17.9. The molecule has 6 nitrogen and oxygen atoms in total. The molecule has 0 aliphatic carbocycles. The van der Waals surface area contributed by atoms with Crippen molar-refractivity contribution in [3.63, 3.8) is 0 Å². The first kappa shape index (κ1) is 37.3. The van der Waals surface area contributed by atoms with Crippen molar-refractivity contribution in [3.05, 3.63) is 0 Å². The summed E-state index contributed by atoms with van der Waals surface area (Å²) in [5, 5.41) is 44.1. The number of hydrogen-bond donors (Lipinski definition) is 2. The minimum Gasteiger partial charge on any atom is -0.852 e. The Bertz CT molecular complexity index is 123. The van der Waals surface area contributed by atoms with Crippen molar-refractivity contribution < 1.29 is 30.3 Å². The van der Waals surface area contributed by atoms with E-state index in [9.17, 15) is 15.3 Å². The van der Waals surface area contributed by atoms with Crippen molar-refractivity contribution in [2.75, 3.05) is 0 Å². The minimum atomic E-state index is -0.833. The number of rotatable bonds is 0. The molecule has 0 aromatic carbocycles. The molecule has 0 unspecified atom stereocenters. The quantitative estimate of drug-likeness (QED) is 0.571. The Morgan fingerprint density at radius 3 is 0.762 bits per heavy atom. The van der Waals surface area contributed by atoms with Crippen LogP contribution in [0.4, 0.5) is 0 Å². The molecule has 0 bridgehead atoms. The van der Waals surface area contributed by atoms with E-state index < -0.39 is 24.3 Å². The fourth-order valence-electron chi connectivity index (χ4n) is 0. The number of aliphatic hydroxyl groups excluding tert-OH is 1. The molecule has 0 radical (unpaired) electrons. The molecule has 0 saturated heterocycles. The molecular formula is C14H33AlO6. The van der Waals surface area contributed by atoms with Gasteiger partial charge in [0.2, 0.25) is 0 Å². The van der Waals surface area contributed by atoms with E-state index in [0.29, 0.717) is 0 Å². The maximum Gasteiger partial charge on any atom is 3.00 e. The summed E-state index contributed by atoms with van der Waals surface area (Å²) >= 11 is 0. The van der Waals surface area contributed by atoms with Gasteiger partial charge in [-0.25, -0.2) is 0 Å². The number of hydrogen-bond acceptors (Lipinski definition) is 5. The second-order valence-electron chi connectivity index (χ2n) is 4.76. The molecular weight excluding hydrogens is 291 g/mol. The van der Waals surface area contributed by atoms with Crippen LogP contribution in [-0.4, -0.2) is 58.0 Å². The number of aliphatic carboxylic acids is 1. The van der Waals surface area contributed by atoms with E-state index >= 15 is 0 Å². The van der Waals surface area contributed by atoms with Gasteiger partial charge in [-0.15, -0.1) is 18.3 Å². The van der Waals surface area contributed by atoms with Crippen molar-refractivity contribution in [1.29, 1.82) is 0 Å². The predicted molar refractivity (Wildman–Crippen MR) is 81.8 cm³/mol. The van der Waals surface area contributed by atoms with E-state index in [1.165, 1.54) is 0 Å². The Labute approximate surface area is 141 Å². The third-order valence-corrected chi connectivity index (χ3v) is 0. The number of carboxylic acids is 1. The molecule has 0 spiro atoms. The fourth-order valence-corrected chi connectivity index (χ4v) is 0. The molecule has 7 heteroatoms. The van der Waals surface area contributed by atoms with Crippen molar-refractivity contribution >= 4 is 23.3 Å². The molecule has 2 N–H and O–H groups in total. The summed E-state index contributed by atoms with van der Waals surface area (Å²) in [6, 6.07) is 0. The molecule has 0 aromatic rings. The summed E-state index contributed by atoms with van der Waals surface area (Å²) in [5.74, 6) is -0.833. The Balaban J connectivity index is -0.0000000331. The van der Waals surface area contributed by atoms with Gasteiger partial charge in [0.25, 0.3) is 5.97 Å². The van der Waals surface area contributed by atoms with Crippen LogP contribution in [0.3, 0.4) is 0 Å². The van der Waals surface area contributed by atoms with Crippen LogP contribution in [0.5, 0.6) is 0 Å². The number of carboxylic acid groups (broad SMARTS) is 1. The van der Waals surface area contributed by atoms with Crippen molar-refractivity contribution in [3.8, 4) is 0 Å². The van der Waals surface area contributed by atoms with Gasteiger partial charge in [-0.05, 0) is 13.8 Å². The van der Waals surface area contributed by atoms with Crippen molar-refractivity contribution in [2.45, 2.75) is 86.7 Å². The molecule has 0 rings (SSSR count). The van der Waals surface area contributed by atoms with Gasteiger partial charge in [-0.2, -0.15) is 0 Å². The standard InChI is InChI=1S/C3H8O.3C3H7O.C2H4O2.Al/c4*1-3(2)4;1-2(3)4;/h3-4H,1-2H3;3*3H,1-2H3;1H3,(H,3,4);/q;3*-1;;+3. The summed E-state index contributed by atoms with van der Waals surface area (Å²) < 4.78 is 0. The van der Waals surface area contributed by atoms with E-state index in [1.54, 1.807) is 55.4 Å². The van der Waals surface area contributed by atoms with Crippen LogP contribution in [0.15, 0.2) is 0 Å². The normalized spacial score (nSPS) is 8.05. The van der Waals surface area contributed by atoms with Gasteiger partial charge in [-0.3, -0.25) is 4.79 Å². The van der Waals surface area contributed by atoms with Crippen LogP contribution < -0.4 is 15.3 Å². The first-order chi connectivity index (χ1) is 8.66. The zero-order valence-corrected chi connectivity index (χ0v) is 16.1. The summed E-state index contributed by atoms with van der Waals surface area (Å²) in [6.07, 6.45) is -1.42. The van der Waals surface area contributed by atoms with Gasteiger partial charge in [0, 0.05) is 13.0 Å². The third kappa shape index (κ3) is 255000. The second-order valence-corrected chi connectivity index (χ2v) is 4.76. The van der Waals surface area contributed by atoms with E-state index in [4.69, 9.17) is 15.0 Å². The molecule has 0 aliphatic heterocycles. The van der Waals surface area contributed by atoms with Crippen LogP contribution in [0, 0.1) is 0 Å². The van der Waals surface area contributed by atoms with E-state index in [2.05, 4.69) is 0 Å². The Morgan fingerprint density at radius 2 is 0.762 bits per heavy atom. The molecule has 0 saturated carbocycles. The van der Waals surface area contributed by atoms with Gasteiger partial charge in [0.15, 0.2) is 0 Å². The van der Waals surface area contributed by atoms with E-state index in [0.717, 1.165) is 6.92 Å². The van der Waals surface area contributed by atoms with Gasteiger partial charge in [-0.1, -0.05) is 41.5 Å². The van der Waals surface area contributed by atoms with Gasteiger partial charge < -0.3 is 25.5 Å². The first-order valence-corrected chi connectivity index (χ1v) is 6.51. The Kier molecular flexibility index (Phi) is 56.7. The second kappa shape index (κ2) is 32.0. The molecule has 0 aliphatic rings. The van der Waals surface area contributed by atoms with Crippen LogP contribution in [0.25, 0.3) is 0 Å². The maximum absolute atomic E-state index is 9.53. The van der Waals surface area contributed by atoms with Crippen molar-refractivity contribution in [2.24, 2.45) is 0 Å². The van der Waals surface area contributed by atoms with Gasteiger partial charge >= 0.3 is 17.4 Å². The van der Waals surface area contributed by atoms with Crippen molar-refractivity contribution in [1.82, 2.24) is 0 Å². The molecule has 0 aromatic heterocycles. The van der Waals surface area contributed by atoms with Crippen LogP contribution in [-0.2, 0) is 4.79 Å². The monoisotopic (exact) mass is 324 g/mol. The molecule has 0 atom stereocenters. The van der Waals surface area contributed by atoms with E-state index in [1.807, 2.05) is 0 Å². The van der Waals surface area contributed by atoms with Gasteiger partial charge in [0.1, 0.15) is 0 Å². The topological polar surface area (TPSA) is 127 Å². The first-order valence-electron chi connectivity index (χ1n) is 6.51. The van der Waals surface area contributed by atoms with Crippen LogP contribution in [0.1, 0.15) is 62.3 Å². The summed E-state index contributed by atoms with van der Waals surface area (Å²) in [4.78, 5) is 9.00. The average Bonchev–Trinajstić information content (AvgIpc) is 1.94. The Hall–Kier alpha value is -0.158. The molecule has 0 amide bonds. The fraction of sp³-hybridized carbons (Fsp3) is 0.929. The summed E-state index contributed by atoms with van der Waals surface area (Å²) in [7, 11) is 0. The average molecular weight is 324 g/mol. The molecule has 0 heterocycles. The summed E-state index contributed by atoms with van der Waals surface area (Å²) in [5.41, 5.74) is 0. The molecule has 128 valence electrons. The van der Waals surface area contributed by atoms with Gasteiger partial charge in [0.05, 0.1) is 0 Å². The SMILES string of the molecule is CC(=O)O.CC(C)O.CC(C)[O-].CC(C)[O-].CC(C)[O-].[Al+3]. The minimum absolute atomic E-state index is 0. The molecule has 0 fully saturated rings. The molecule has 21 heavy (non-hydrogen) atoms. The number of carbonyl (C=O) groups is 1. The largest absolute Gasteiger partial charge is 3.00 e. The van der Waals surface area contributed by atoms with Crippen LogP contribution in [0.2, 0.25) is 0 Å². The predicted octanol–water partition coefficient (Wildman–Crippen LogP) is -0.637. The van der Waals surface area contributed by atoms with E-state index in [-0.39, 0.29) is 23.5 Å². The zero-order valence-electron chi connectivity index (χ0n) is 14.9. The Morgan fingerprint density at radius 1 is 0.762 bits per heavy atom. The van der Waals surface area contributed by atoms with Crippen LogP contribution >= 0.6 is 0 Å². The number of aliphatic hydroxyl groups is 1. The third-order valence-electron chi connectivity index (χ3n) is 0.